The van der Waals surface area contributed by atoms with Gasteiger partial charge in [-0.05, 0) is 46.5 Å². The van der Waals surface area contributed by atoms with Crippen LogP contribution in [0, 0.1) is 17.2 Å². The third kappa shape index (κ3) is 2.54. The van der Waals surface area contributed by atoms with Crippen molar-refractivity contribution >= 4 is 6.09 Å². The summed E-state index contributed by atoms with van der Waals surface area (Å²) in [6.07, 6.45) is 3.45. The molecule has 2 rings (SSSR count). The van der Waals surface area contributed by atoms with E-state index in [0.717, 1.165) is 25.7 Å². The zero-order valence-corrected chi connectivity index (χ0v) is 10.8. The first-order chi connectivity index (χ1) is 7.90. The Morgan fingerprint density at radius 3 is 2.24 bits per heavy atom. The van der Waals surface area contributed by atoms with Gasteiger partial charge in [0.25, 0.3) is 0 Å². The first kappa shape index (κ1) is 12.2. The van der Waals surface area contributed by atoms with Gasteiger partial charge in [0, 0.05) is 12.1 Å². The van der Waals surface area contributed by atoms with E-state index in [2.05, 4.69) is 6.07 Å². The fraction of sp³-hybridized carbons (Fsp3) is 0.846. The Morgan fingerprint density at radius 2 is 1.82 bits per heavy atom. The molecule has 2 bridgehead atoms. The maximum Gasteiger partial charge on any atom is 0.410 e. The summed E-state index contributed by atoms with van der Waals surface area (Å²) >= 11 is 0. The standard InChI is InChI=1S/C13H20N2O2/c1-13(2,3)17-12(16)15-10-4-5-11(15)7-9(6-10)8-14/h9-11H,4-7H2,1-3H3/t9-,10+,11-. The van der Waals surface area contributed by atoms with Gasteiger partial charge in [0.05, 0.1) is 12.0 Å². The molecule has 0 aromatic carbocycles. The quantitative estimate of drug-likeness (QED) is 0.649. The van der Waals surface area contributed by atoms with Crippen molar-refractivity contribution in [2.24, 2.45) is 5.92 Å². The maximum atomic E-state index is 12.1. The van der Waals surface area contributed by atoms with Crippen LogP contribution in [0.5, 0.6) is 0 Å². The summed E-state index contributed by atoms with van der Waals surface area (Å²) in [5.74, 6) is 0.117. The van der Waals surface area contributed by atoms with Gasteiger partial charge in [-0.25, -0.2) is 4.79 Å². The summed E-state index contributed by atoms with van der Waals surface area (Å²) in [4.78, 5) is 14.0. The van der Waals surface area contributed by atoms with Gasteiger partial charge in [-0.15, -0.1) is 0 Å². The second-order valence-electron chi connectivity index (χ2n) is 6.07. The van der Waals surface area contributed by atoms with E-state index in [9.17, 15) is 4.79 Å². The van der Waals surface area contributed by atoms with E-state index in [-0.39, 0.29) is 24.1 Å². The van der Waals surface area contributed by atoms with Crippen molar-refractivity contribution in [1.29, 1.82) is 5.26 Å². The number of nitrogens with zero attached hydrogens (tertiary/aromatic N) is 2. The number of nitriles is 1. The minimum Gasteiger partial charge on any atom is -0.444 e. The van der Waals surface area contributed by atoms with Crippen molar-refractivity contribution in [2.45, 2.75) is 64.1 Å². The molecule has 0 spiro atoms. The molecule has 4 heteroatoms. The molecule has 0 aliphatic carbocycles. The predicted octanol–water partition coefficient (Wildman–Crippen LogP) is 2.69. The Kier molecular flexibility index (Phi) is 3.03. The molecule has 4 nitrogen and oxygen atoms in total. The number of amides is 1. The van der Waals surface area contributed by atoms with Gasteiger partial charge in [0.2, 0.25) is 0 Å². The third-order valence-electron chi connectivity index (χ3n) is 3.52. The van der Waals surface area contributed by atoms with Gasteiger partial charge < -0.3 is 9.64 Å². The number of piperidine rings is 1. The van der Waals surface area contributed by atoms with Crippen LogP contribution >= 0.6 is 0 Å². The van der Waals surface area contributed by atoms with Crippen molar-refractivity contribution < 1.29 is 9.53 Å². The van der Waals surface area contributed by atoms with Crippen LogP contribution in [0.15, 0.2) is 0 Å². The van der Waals surface area contributed by atoms with Crippen molar-refractivity contribution in [2.75, 3.05) is 0 Å². The normalized spacial score (nSPS) is 32.1. The highest BCUT2D eigenvalue weighted by molar-refractivity contribution is 5.69. The number of carbonyl (C=O) groups excluding carboxylic acids is 1. The maximum absolute atomic E-state index is 12.1. The van der Waals surface area contributed by atoms with Crippen LogP contribution in [-0.4, -0.2) is 28.7 Å². The van der Waals surface area contributed by atoms with Gasteiger partial charge in [0.1, 0.15) is 5.60 Å². The SMILES string of the molecule is CC(C)(C)OC(=O)N1[C@@H]2CC[C@H]1C[C@@H](C#N)C2. The van der Waals surface area contributed by atoms with Crippen LogP contribution in [-0.2, 0) is 4.74 Å². The molecule has 17 heavy (non-hydrogen) atoms. The Morgan fingerprint density at radius 1 is 1.29 bits per heavy atom. The molecule has 0 aromatic heterocycles. The summed E-state index contributed by atoms with van der Waals surface area (Å²) in [6, 6.07) is 2.77. The number of fused-ring (bicyclic) bond motifs is 2. The highest BCUT2D eigenvalue weighted by atomic mass is 16.6. The minimum atomic E-state index is -0.442. The van der Waals surface area contributed by atoms with Gasteiger partial charge >= 0.3 is 6.09 Å². The summed E-state index contributed by atoms with van der Waals surface area (Å²) in [5, 5.41) is 8.98. The van der Waals surface area contributed by atoms with Gasteiger partial charge in [0.15, 0.2) is 0 Å². The molecule has 2 fully saturated rings. The highest BCUT2D eigenvalue weighted by Crippen LogP contribution is 2.39. The molecule has 2 aliphatic heterocycles. The molecule has 2 aliphatic rings. The zero-order valence-electron chi connectivity index (χ0n) is 10.8. The van der Waals surface area contributed by atoms with Crippen LogP contribution in [0.25, 0.3) is 0 Å². The van der Waals surface area contributed by atoms with Gasteiger partial charge in [-0.1, -0.05) is 0 Å². The van der Waals surface area contributed by atoms with Crippen LogP contribution in [0.4, 0.5) is 4.79 Å². The third-order valence-corrected chi connectivity index (χ3v) is 3.52. The smallest absolute Gasteiger partial charge is 0.410 e. The monoisotopic (exact) mass is 236 g/mol. The molecule has 0 aromatic rings. The first-order valence-electron chi connectivity index (χ1n) is 6.31. The fourth-order valence-electron chi connectivity index (χ4n) is 2.90. The molecule has 0 N–H and O–H groups in total. The minimum absolute atomic E-state index is 0.117. The predicted molar refractivity (Wildman–Crippen MR) is 63.2 cm³/mol. The van der Waals surface area contributed by atoms with E-state index in [0.29, 0.717) is 0 Å². The van der Waals surface area contributed by atoms with Gasteiger partial charge in [-0.2, -0.15) is 5.26 Å². The van der Waals surface area contributed by atoms with Crippen molar-refractivity contribution in [3.8, 4) is 6.07 Å². The Balaban J connectivity index is 2.04. The lowest BCUT2D eigenvalue weighted by atomic mass is 9.92. The number of hydrogen-bond donors (Lipinski definition) is 0. The van der Waals surface area contributed by atoms with Crippen LogP contribution < -0.4 is 0 Å². The summed E-state index contributed by atoms with van der Waals surface area (Å²) in [6.45, 7) is 5.65. The molecule has 2 saturated heterocycles. The number of ether oxygens (including phenoxy) is 1. The first-order valence-corrected chi connectivity index (χ1v) is 6.31. The fourth-order valence-corrected chi connectivity index (χ4v) is 2.90. The molecule has 2 heterocycles. The lowest BCUT2D eigenvalue weighted by Gasteiger charge is -2.37. The summed E-state index contributed by atoms with van der Waals surface area (Å²) in [7, 11) is 0. The average Bonchev–Trinajstić information content (AvgIpc) is 2.47. The van der Waals surface area contributed by atoms with E-state index in [4.69, 9.17) is 10.00 Å². The molecule has 0 unspecified atom stereocenters. The molecular weight excluding hydrogens is 216 g/mol. The van der Waals surface area contributed by atoms with Crippen LogP contribution in [0.3, 0.4) is 0 Å². The molecule has 0 radical (unpaired) electrons. The van der Waals surface area contributed by atoms with E-state index < -0.39 is 5.60 Å². The largest absolute Gasteiger partial charge is 0.444 e. The van der Waals surface area contributed by atoms with Crippen molar-refractivity contribution in [3.63, 3.8) is 0 Å². The van der Waals surface area contributed by atoms with Crippen molar-refractivity contribution in [1.82, 2.24) is 4.90 Å². The Labute approximate surface area is 103 Å². The van der Waals surface area contributed by atoms with E-state index >= 15 is 0 Å². The molecule has 3 atom stereocenters. The number of rotatable bonds is 0. The lowest BCUT2D eigenvalue weighted by Crippen LogP contribution is -2.48. The van der Waals surface area contributed by atoms with Gasteiger partial charge in [-0.3, -0.25) is 0 Å². The summed E-state index contributed by atoms with van der Waals surface area (Å²) < 4.78 is 5.43. The Bertz CT molecular complexity index is 339. The second-order valence-corrected chi connectivity index (χ2v) is 6.07. The second kappa shape index (κ2) is 4.21. The van der Waals surface area contributed by atoms with Crippen LogP contribution in [0.1, 0.15) is 46.5 Å². The number of hydrogen-bond acceptors (Lipinski definition) is 3. The molecule has 94 valence electrons. The molecule has 0 saturated carbocycles. The molecule has 1 amide bonds. The number of carbonyl (C=O) groups is 1. The van der Waals surface area contributed by atoms with Crippen LogP contribution in [0.2, 0.25) is 0 Å². The summed E-state index contributed by atoms with van der Waals surface area (Å²) in [5.41, 5.74) is -0.442. The molecular formula is C13H20N2O2. The zero-order chi connectivity index (χ0) is 12.6. The van der Waals surface area contributed by atoms with Crippen molar-refractivity contribution in [3.05, 3.63) is 0 Å². The van der Waals surface area contributed by atoms with E-state index in [1.807, 2.05) is 25.7 Å². The van der Waals surface area contributed by atoms with E-state index in [1.165, 1.54) is 0 Å². The Hall–Kier alpha value is -1.24. The van der Waals surface area contributed by atoms with E-state index in [1.54, 1.807) is 0 Å². The lowest BCUT2D eigenvalue weighted by molar-refractivity contribution is 0.00482. The highest BCUT2D eigenvalue weighted by Gasteiger charge is 2.44. The average molecular weight is 236 g/mol. The topological polar surface area (TPSA) is 53.3 Å².